The minimum absolute atomic E-state index is 0.342. The van der Waals surface area contributed by atoms with E-state index in [0.717, 1.165) is 12.8 Å². The Kier molecular flexibility index (Phi) is 2.75. The SMILES string of the molecule is C[C@@H](Cn1cnc2c1CCCC2)C(=O)O. The molecule has 0 saturated carbocycles. The molecular weight excluding hydrogens is 192 g/mol. The number of hydrogen-bond acceptors (Lipinski definition) is 2. The van der Waals surface area contributed by atoms with Crippen LogP contribution in [0.5, 0.6) is 0 Å². The first-order valence-corrected chi connectivity index (χ1v) is 5.44. The molecule has 2 rings (SSSR count). The fraction of sp³-hybridized carbons (Fsp3) is 0.636. The van der Waals surface area contributed by atoms with Crippen LogP contribution in [0.4, 0.5) is 0 Å². The van der Waals surface area contributed by atoms with Gasteiger partial charge in [0, 0.05) is 12.2 Å². The van der Waals surface area contributed by atoms with Crippen molar-refractivity contribution < 1.29 is 9.90 Å². The van der Waals surface area contributed by atoms with E-state index in [-0.39, 0.29) is 5.92 Å². The summed E-state index contributed by atoms with van der Waals surface area (Å²) in [7, 11) is 0. The van der Waals surface area contributed by atoms with E-state index in [4.69, 9.17) is 5.11 Å². The van der Waals surface area contributed by atoms with Crippen molar-refractivity contribution in [2.24, 2.45) is 5.92 Å². The molecule has 0 bridgehead atoms. The smallest absolute Gasteiger partial charge is 0.308 e. The van der Waals surface area contributed by atoms with E-state index in [0.29, 0.717) is 6.54 Å². The predicted octanol–water partition coefficient (Wildman–Crippen LogP) is 1.48. The fourth-order valence-corrected chi connectivity index (χ4v) is 2.06. The monoisotopic (exact) mass is 208 g/mol. The second-order valence-corrected chi connectivity index (χ2v) is 4.24. The van der Waals surface area contributed by atoms with Gasteiger partial charge in [-0.15, -0.1) is 0 Å². The van der Waals surface area contributed by atoms with Crippen molar-refractivity contribution in [2.45, 2.75) is 39.2 Å². The molecule has 4 nitrogen and oxygen atoms in total. The van der Waals surface area contributed by atoms with E-state index in [9.17, 15) is 4.79 Å². The van der Waals surface area contributed by atoms with Crippen molar-refractivity contribution in [1.29, 1.82) is 0 Å². The van der Waals surface area contributed by atoms with Crippen molar-refractivity contribution in [3.05, 3.63) is 17.7 Å². The molecule has 0 saturated heterocycles. The third-order valence-corrected chi connectivity index (χ3v) is 3.00. The number of nitrogens with zero attached hydrogens (tertiary/aromatic N) is 2. The van der Waals surface area contributed by atoms with Gasteiger partial charge in [0.25, 0.3) is 0 Å². The summed E-state index contributed by atoms with van der Waals surface area (Å²) in [6.07, 6.45) is 6.28. The van der Waals surface area contributed by atoms with E-state index in [1.807, 2.05) is 4.57 Å². The Morgan fingerprint density at radius 3 is 3.07 bits per heavy atom. The van der Waals surface area contributed by atoms with Crippen LogP contribution in [0.1, 0.15) is 31.2 Å². The van der Waals surface area contributed by atoms with Gasteiger partial charge < -0.3 is 9.67 Å². The lowest BCUT2D eigenvalue weighted by Crippen LogP contribution is -2.18. The third kappa shape index (κ3) is 2.03. The second kappa shape index (κ2) is 4.04. The van der Waals surface area contributed by atoms with Gasteiger partial charge in [-0.1, -0.05) is 6.92 Å². The van der Waals surface area contributed by atoms with Gasteiger partial charge in [-0.3, -0.25) is 4.79 Å². The Labute approximate surface area is 88.9 Å². The normalized spacial score (nSPS) is 17.1. The summed E-state index contributed by atoms with van der Waals surface area (Å²) in [4.78, 5) is 15.1. The number of rotatable bonds is 3. The van der Waals surface area contributed by atoms with Crippen molar-refractivity contribution in [3.63, 3.8) is 0 Å². The lowest BCUT2D eigenvalue weighted by Gasteiger charge is -2.15. The maximum absolute atomic E-state index is 10.8. The molecule has 1 aliphatic carbocycles. The van der Waals surface area contributed by atoms with Gasteiger partial charge in [0.2, 0.25) is 0 Å². The Hall–Kier alpha value is -1.32. The number of carboxylic acids is 1. The Bertz CT molecular complexity index is 371. The van der Waals surface area contributed by atoms with E-state index in [1.165, 1.54) is 24.2 Å². The molecule has 0 radical (unpaired) electrons. The van der Waals surface area contributed by atoms with Crippen LogP contribution in [0.25, 0.3) is 0 Å². The highest BCUT2D eigenvalue weighted by Crippen LogP contribution is 2.20. The molecule has 0 aromatic carbocycles. The second-order valence-electron chi connectivity index (χ2n) is 4.24. The van der Waals surface area contributed by atoms with Crippen LogP contribution < -0.4 is 0 Å². The summed E-state index contributed by atoms with van der Waals surface area (Å²) in [5.74, 6) is -1.08. The molecule has 4 heteroatoms. The van der Waals surface area contributed by atoms with Gasteiger partial charge in [0.1, 0.15) is 0 Å². The van der Waals surface area contributed by atoms with Gasteiger partial charge >= 0.3 is 5.97 Å². The van der Waals surface area contributed by atoms with Crippen LogP contribution in [0.15, 0.2) is 6.33 Å². The molecule has 0 spiro atoms. The number of aromatic nitrogens is 2. The number of fused-ring (bicyclic) bond motifs is 1. The van der Waals surface area contributed by atoms with Crippen molar-refractivity contribution >= 4 is 5.97 Å². The van der Waals surface area contributed by atoms with Gasteiger partial charge in [-0.05, 0) is 25.7 Å². The Morgan fingerprint density at radius 2 is 2.33 bits per heavy atom. The molecule has 1 heterocycles. The van der Waals surface area contributed by atoms with Crippen LogP contribution in [-0.2, 0) is 24.2 Å². The standard InChI is InChI=1S/C11H16N2O2/c1-8(11(14)15)6-13-7-12-9-4-2-3-5-10(9)13/h7-8H,2-6H2,1H3,(H,14,15)/t8-/m0/s1. The van der Waals surface area contributed by atoms with E-state index in [1.54, 1.807) is 13.3 Å². The highest BCUT2D eigenvalue weighted by atomic mass is 16.4. The van der Waals surface area contributed by atoms with Crippen LogP contribution >= 0.6 is 0 Å². The first-order valence-electron chi connectivity index (χ1n) is 5.44. The average Bonchev–Trinajstić information content (AvgIpc) is 2.62. The van der Waals surface area contributed by atoms with Crippen LogP contribution in [0, 0.1) is 5.92 Å². The van der Waals surface area contributed by atoms with Crippen LogP contribution in [0.2, 0.25) is 0 Å². The molecule has 1 aliphatic rings. The van der Waals surface area contributed by atoms with Gasteiger partial charge in [-0.2, -0.15) is 0 Å². The number of aryl methyl sites for hydroxylation is 1. The third-order valence-electron chi connectivity index (χ3n) is 3.00. The topological polar surface area (TPSA) is 55.1 Å². The number of imidazole rings is 1. The quantitative estimate of drug-likeness (QED) is 0.818. The minimum Gasteiger partial charge on any atom is -0.481 e. The minimum atomic E-state index is -0.742. The first-order chi connectivity index (χ1) is 7.18. The highest BCUT2D eigenvalue weighted by Gasteiger charge is 2.18. The summed E-state index contributed by atoms with van der Waals surface area (Å²) < 4.78 is 2.01. The van der Waals surface area contributed by atoms with E-state index >= 15 is 0 Å². The predicted molar refractivity (Wildman–Crippen MR) is 55.7 cm³/mol. The molecule has 1 aromatic rings. The zero-order chi connectivity index (χ0) is 10.8. The lowest BCUT2D eigenvalue weighted by molar-refractivity contribution is -0.141. The maximum Gasteiger partial charge on any atom is 0.308 e. The average molecular weight is 208 g/mol. The number of carboxylic acid groups (broad SMARTS) is 1. The maximum atomic E-state index is 10.8. The fourth-order valence-electron chi connectivity index (χ4n) is 2.06. The molecular formula is C11H16N2O2. The van der Waals surface area contributed by atoms with Gasteiger partial charge in [-0.25, -0.2) is 4.98 Å². The largest absolute Gasteiger partial charge is 0.481 e. The van der Waals surface area contributed by atoms with Crippen molar-refractivity contribution in [3.8, 4) is 0 Å². The molecule has 82 valence electrons. The summed E-state index contributed by atoms with van der Waals surface area (Å²) in [6, 6.07) is 0. The lowest BCUT2D eigenvalue weighted by atomic mass is 10.0. The van der Waals surface area contributed by atoms with E-state index in [2.05, 4.69) is 4.98 Å². The zero-order valence-corrected chi connectivity index (χ0v) is 8.94. The Balaban J connectivity index is 2.15. The summed E-state index contributed by atoms with van der Waals surface area (Å²) >= 11 is 0. The molecule has 0 amide bonds. The number of hydrogen-bond donors (Lipinski definition) is 1. The molecule has 0 unspecified atom stereocenters. The molecule has 1 atom stereocenters. The summed E-state index contributed by atoms with van der Waals surface area (Å²) in [5, 5.41) is 8.85. The van der Waals surface area contributed by atoms with Crippen molar-refractivity contribution in [2.75, 3.05) is 0 Å². The number of carbonyl (C=O) groups is 1. The van der Waals surface area contributed by atoms with Crippen LogP contribution in [0.3, 0.4) is 0 Å². The highest BCUT2D eigenvalue weighted by molar-refractivity contribution is 5.69. The molecule has 1 N–H and O–H groups in total. The van der Waals surface area contributed by atoms with Crippen molar-refractivity contribution in [1.82, 2.24) is 9.55 Å². The molecule has 0 fully saturated rings. The zero-order valence-electron chi connectivity index (χ0n) is 8.94. The molecule has 15 heavy (non-hydrogen) atoms. The first kappa shape index (κ1) is 10.2. The molecule has 1 aromatic heterocycles. The van der Waals surface area contributed by atoms with Gasteiger partial charge in [0.15, 0.2) is 0 Å². The molecule has 0 aliphatic heterocycles. The van der Waals surface area contributed by atoms with E-state index < -0.39 is 5.97 Å². The summed E-state index contributed by atoms with van der Waals surface area (Å²) in [5.41, 5.74) is 2.41. The number of aliphatic carboxylic acids is 1. The van der Waals surface area contributed by atoms with Gasteiger partial charge in [0.05, 0.1) is 17.9 Å². The summed E-state index contributed by atoms with van der Waals surface area (Å²) in [6.45, 7) is 2.27. The Morgan fingerprint density at radius 1 is 1.60 bits per heavy atom. The van der Waals surface area contributed by atoms with Crippen LogP contribution in [-0.4, -0.2) is 20.6 Å².